The van der Waals surface area contributed by atoms with E-state index in [9.17, 15) is 0 Å². The smallest absolute Gasteiger partial charge is 0.191 e. The second-order valence-corrected chi connectivity index (χ2v) is 6.54. The maximum Gasteiger partial charge on any atom is 0.191 e. The number of aliphatic imine (C=N–C) groups is 1. The van der Waals surface area contributed by atoms with Gasteiger partial charge in [0.05, 0.1) is 6.54 Å². The van der Waals surface area contributed by atoms with Crippen LogP contribution in [0.3, 0.4) is 0 Å². The van der Waals surface area contributed by atoms with Gasteiger partial charge in [0.2, 0.25) is 0 Å². The molecule has 2 N–H and O–H groups in total. The summed E-state index contributed by atoms with van der Waals surface area (Å²) in [5.41, 5.74) is 2.65. The van der Waals surface area contributed by atoms with Crippen LogP contribution in [0.25, 0.3) is 0 Å². The van der Waals surface area contributed by atoms with Crippen molar-refractivity contribution in [3.05, 3.63) is 51.5 Å². The lowest BCUT2D eigenvalue weighted by molar-refractivity contribution is 0.798. The third-order valence-electron chi connectivity index (χ3n) is 3.17. The molecule has 0 saturated heterocycles. The molecule has 1 aromatic carbocycles. The van der Waals surface area contributed by atoms with Crippen LogP contribution in [0, 0.1) is 13.8 Å². The van der Waals surface area contributed by atoms with E-state index in [1.165, 1.54) is 16.0 Å². The van der Waals surface area contributed by atoms with E-state index in [1.807, 2.05) is 6.20 Å². The molecule has 0 aliphatic heterocycles. The predicted octanol–water partition coefficient (Wildman–Crippen LogP) is 3.06. The first-order valence-electron chi connectivity index (χ1n) is 7.66. The average Bonchev–Trinajstić information content (AvgIpc) is 2.90. The number of rotatable bonds is 6. The summed E-state index contributed by atoms with van der Waals surface area (Å²) in [4.78, 5) is 10.2. The molecule has 1 heterocycles. The van der Waals surface area contributed by atoms with Crippen LogP contribution in [0.4, 0.5) is 0 Å². The van der Waals surface area contributed by atoms with Crippen LogP contribution in [0.2, 0.25) is 0 Å². The van der Waals surface area contributed by atoms with Gasteiger partial charge < -0.3 is 10.6 Å². The van der Waals surface area contributed by atoms with E-state index in [4.69, 9.17) is 0 Å². The molecular formula is C17H24N4S. The zero-order chi connectivity index (χ0) is 15.8. The largest absolute Gasteiger partial charge is 0.357 e. The van der Waals surface area contributed by atoms with Gasteiger partial charge in [0.25, 0.3) is 0 Å². The summed E-state index contributed by atoms with van der Waals surface area (Å²) in [6.45, 7) is 8.61. The SMILES string of the molecule is CCNC(=NCc1ncc(C)s1)NCCc1cccc(C)c1. The van der Waals surface area contributed by atoms with Gasteiger partial charge in [-0.3, -0.25) is 0 Å². The fourth-order valence-corrected chi connectivity index (χ4v) is 2.87. The van der Waals surface area contributed by atoms with Crippen molar-refractivity contribution in [2.75, 3.05) is 13.1 Å². The first kappa shape index (κ1) is 16.5. The van der Waals surface area contributed by atoms with Crippen molar-refractivity contribution in [3.8, 4) is 0 Å². The van der Waals surface area contributed by atoms with Gasteiger partial charge in [0.1, 0.15) is 5.01 Å². The molecule has 0 aliphatic carbocycles. The van der Waals surface area contributed by atoms with Crippen molar-refractivity contribution in [1.29, 1.82) is 0 Å². The third-order valence-corrected chi connectivity index (χ3v) is 4.07. The molecule has 22 heavy (non-hydrogen) atoms. The number of nitrogens with zero attached hydrogens (tertiary/aromatic N) is 2. The maximum atomic E-state index is 4.59. The number of hydrogen-bond donors (Lipinski definition) is 2. The fourth-order valence-electron chi connectivity index (χ4n) is 2.16. The summed E-state index contributed by atoms with van der Waals surface area (Å²) in [6.07, 6.45) is 2.88. The molecule has 2 rings (SSSR count). The Morgan fingerprint density at radius 3 is 2.82 bits per heavy atom. The van der Waals surface area contributed by atoms with Gasteiger partial charge in [0, 0.05) is 24.2 Å². The zero-order valence-corrected chi connectivity index (χ0v) is 14.3. The van der Waals surface area contributed by atoms with Gasteiger partial charge in [0.15, 0.2) is 5.96 Å². The molecule has 0 atom stereocenters. The van der Waals surface area contributed by atoms with E-state index in [0.29, 0.717) is 6.54 Å². The Kier molecular flexibility index (Phi) is 6.40. The lowest BCUT2D eigenvalue weighted by atomic mass is 10.1. The van der Waals surface area contributed by atoms with Crippen molar-refractivity contribution in [3.63, 3.8) is 0 Å². The highest BCUT2D eigenvalue weighted by Gasteiger charge is 2.01. The van der Waals surface area contributed by atoms with Crippen LogP contribution in [0.5, 0.6) is 0 Å². The number of benzene rings is 1. The number of thiazole rings is 1. The van der Waals surface area contributed by atoms with E-state index < -0.39 is 0 Å². The van der Waals surface area contributed by atoms with E-state index >= 15 is 0 Å². The van der Waals surface area contributed by atoms with Gasteiger partial charge in [-0.05, 0) is 32.8 Å². The second kappa shape index (κ2) is 8.54. The Bertz CT molecular complexity index is 619. The van der Waals surface area contributed by atoms with E-state index in [-0.39, 0.29) is 0 Å². The molecule has 118 valence electrons. The summed E-state index contributed by atoms with van der Waals surface area (Å²) < 4.78 is 0. The predicted molar refractivity (Wildman–Crippen MR) is 94.6 cm³/mol. The van der Waals surface area contributed by atoms with Crippen LogP contribution in [-0.2, 0) is 13.0 Å². The standard InChI is InChI=1S/C17H24N4S/c1-4-18-17(21-12-16-20-11-14(3)22-16)19-9-8-15-7-5-6-13(2)10-15/h5-7,10-11H,4,8-9,12H2,1-3H3,(H2,18,19,21). The van der Waals surface area contributed by atoms with Crippen LogP contribution < -0.4 is 10.6 Å². The first-order chi connectivity index (χ1) is 10.7. The quantitative estimate of drug-likeness (QED) is 0.636. The monoisotopic (exact) mass is 316 g/mol. The van der Waals surface area contributed by atoms with Crippen molar-refractivity contribution >= 4 is 17.3 Å². The highest BCUT2D eigenvalue weighted by molar-refractivity contribution is 7.11. The lowest BCUT2D eigenvalue weighted by Gasteiger charge is -2.11. The molecular weight excluding hydrogens is 292 g/mol. The summed E-state index contributed by atoms with van der Waals surface area (Å²) in [5, 5.41) is 7.70. The molecule has 0 amide bonds. The zero-order valence-electron chi connectivity index (χ0n) is 13.5. The van der Waals surface area contributed by atoms with Gasteiger partial charge in [-0.25, -0.2) is 9.98 Å². The maximum absolute atomic E-state index is 4.59. The van der Waals surface area contributed by atoms with Gasteiger partial charge in [-0.15, -0.1) is 11.3 Å². The minimum absolute atomic E-state index is 0.623. The number of nitrogens with one attached hydrogen (secondary N) is 2. The topological polar surface area (TPSA) is 49.3 Å². The van der Waals surface area contributed by atoms with E-state index in [1.54, 1.807) is 11.3 Å². The van der Waals surface area contributed by atoms with Crippen molar-refractivity contribution in [1.82, 2.24) is 15.6 Å². The number of hydrogen-bond acceptors (Lipinski definition) is 3. The van der Waals surface area contributed by atoms with Gasteiger partial charge >= 0.3 is 0 Å². The van der Waals surface area contributed by atoms with Crippen molar-refractivity contribution in [2.45, 2.75) is 33.7 Å². The molecule has 4 nitrogen and oxygen atoms in total. The molecule has 0 fully saturated rings. The third kappa shape index (κ3) is 5.48. The van der Waals surface area contributed by atoms with Gasteiger partial charge in [-0.2, -0.15) is 0 Å². The molecule has 1 aromatic heterocycles. The Balaban J connectivity index is 1.85. The number of guanidine groups is 1. The molecule has 0 bridgehead atoms. The first-order valence-corrected chi connectivity index (χ1v) is 8.48. The minimum atomic E-state index is 0.623. The Hall–Kier alpha value is -1.88. The van der Waals surface area contributed by atoms with Crippen LogP contribution in [0.15, 0.2) is 35.5 Å². The number of aryl methyl sites for hydroxylation is 2. The summed E-state index contributed by atoms with van der Waals surface area (Å²) in [6, 6.07) is 8.62. The van der Waals surface area contributed by atoms with Crippen LogP contribution in [-0.4, -0.2) is 24.0 Å². The number of aromatic nitrogens is 1. The summed E-state index contributed by atoms with van der Waals surface area (Å²) >= 11 is 1.70. The molecule has 5 heteroatoms. The Labute approximate surface area is 136 Å². The molecule has 2 aromatic rings. The van der Waals surface area contributed by atoms with Crippen LogP contribution in [0.1, 0.15) is 27.9 Å². The highest BCUT2D eigenvalue weighted by atomic mass is 32.1. The van der Waals surface area contributed by atoms with Gasteiger partial charge in [-0.1, -0.05) is 29.8 Å². The molecule has 0 unspecified atom stereocenters. The Morgan fingerprint density at radius 2 is 2.14 bits per heavy atom. The second-order valence-electron chi connectivity index (χ2n) is 5.23. The average molecular weight is 316 g/mol. The van der Waals surface area contributed by atoms with E-state index in [2.05, 4.69) is 65.6 Å². The van der Waals surface area contributed by atoms with Crippen molar-refractivity contribution in [2.24, 2.45) is 4.99 Å². The van der Waals surface area contributed by atoms with Crippen molar-refractivity contribution < 1.29 is 0 Å². The lowest BCUT2D eigenvalue weighted by Crippen LogP contribution is -2.38. The summed E-state index contributed by atoms with van der Waals surface area (Å²) in [5.74, 6) is 0.850. The summed E-state index contributed by atoms with van der Waals surface area (Å²) in [7, 11) is 0. The normalized spacial score (nSPS) is 11.5. The molecule has 0 spiro atoms. The molecule has 0 aliphatic rings. The minimum Gasteiger partial charge on any atom is -0.357 e. The molecule has 0 radical (unpaired) electrons. The highest BCUT2D eigenvalue weighted by Crippen LogP contribution is 2.11. The van der Waals surface area contributed by atoms with E-state index in [0.717, 1.165) is 30.5 Å². The molecule has 0 saturated carbocycles. The van der Waals surface area contributed by atoms with Crippen LogP contribution >= 0.6 is 11.3 Å². The fraction of sp³-hybridized carbons (Fsp3) is 0.412. The Morgan fingerprint density at radius 1 is 1.27 bits per heavy atom.